The molecule has 0 bridgehead atoms. The van der Waals surface area contributed by atoms with Gasteiger partial charge in [0.2, 0.25) is 5.82 Å². The molecule has 0 aliphatic carbocycles. The van der Waals surface area contributed by atoms with Gasteiger partial charge in [-0.3, -0.25) is 0 Å². The van der Waals surface area contributed by atoms with E-state index in [1.165, 1.54) is 6.07 Å². The quantitative estimate of drug-likeness (QED) is 0.774. The third-order valence-electron chi connectivity index (χ3n) is 2.88. The average molecular weight is 268 g/mol. The summed E-state index contributed by atoms with van der Waals surface area (Å²) in [5.74, 6) is 0.375. The summed E-state index contributed by atoms with van der Waals surface area (Å²) in [5, 5.41) is 12.6. The Labute approximate surface area is 113 Å². The van der Waals surface area contributed by atoms with Crippen LogP contribution >= 0.6 is 0 Å². The topological polar surface area (TPSA) is 78.5 Å². The van der Waals surface area contributed by atoms with Crippen LogP contribution in [-0.2, 0) is 0 Å². The van der Waals surface area contributed by atoms with Gasteiger partial charge in [-0.25, -0.2) is 4.39 Å². The second-order valence-corrected chi connectivity index (χ2v) is 4.30. The minimum atomic E-state index is -0.277. The van der Waals surface area contributed by atoms with Crippen LogP contribution in [0.15, 0.2) is 35.0 Å². The molecule has 0 amide bonds. The summed E-state index contributed by atoms with van der Waals surface area (Å²) < 4.78 is 18.4. The molecule has 0 aliphatic rings. The zero-order valence-corrected chi connectivity index (χ0v) is 10.5. The number of nitriles is 1. The van der Waals surface area contributed by atoms with Crippen LogP contribution in [-0.4, -0.2) is 15.1 Å². The lowest BCUT2D eigenvalue weighted by molar-refractivity contribution is 0.431. The van der Waals surface area contributed by atoms with Crippen molar-refractivity contribution in [3.63, 3.8) is 0 Å². The van der Waals surface area contributed by atoms with Crippen molar-refractivity contribution in [2.75, 3.05) is 0 Å². The molecule has 0 fully saturated rings. The molecule has 1 aromatic carbocycles. The molecule has 3 aromatic rings. The maximum absolute atomic E-state index is 13.2. The van der Waals surface area contributed by atoms with Crippen LogP contribution in [0.3, 0.4) is 0 Å². The summed E-state index contributed by atoms with van der Waals surface area (Å²) in [7, 11) is 0. The van der Waals surface area contributed by atoms with Gasteiger partial charge in [-0.2, -0.15) is 10.2 Å². The summed E-state index contributed by atoms with van der Waals surface area (Å²) in [5.41, 5.74) is 2.24. The maximum Gasteiger partial charge on any atom is 0.274 e. The lowest BCUT2D eigenvalue weighted by atomic mass is 10.1. The third kappa shape index (κ3) is 2.06. The van der Waals surface area contributed by atoms with Crippen LogP contribution in [0.1, 0.15) is 11.1 Å². The molecular formula is C14H9FN4O. The number of H-pyrrole nitrogens is 1. The fourth-order valence-corrected chi connectivity index (χ4v) is 1.82. The number of aromatic nitrogens is 3. The van der Waals surface area contributed by atoms with Crippen molar-refractivity contribution < 1.29 is 8.91 Å². The maximum atomic E-state index is 13.2. The van der Waals surface area contributed by atoms with Gasteiger partial charge < -0.3 is 9.51 Å². The minimum Gasteiger partial charge on any atom is -0.356 e. The van der Waals surface area contributed by atoms with E-state index in [0.29, 0.717) is 28.2 Å². The molecule has 20 heavy (non-hydrogen) atoms. The number of hydrogen-bond acceptors (Lipinski definition) is 4. The molecule has 3 rings (SSSR count). The number of halogens is 1. The van der Waals surface area contributed by atoms with Gasteiger partial charge in [-0.05, 0) is 36.8 Å². The van der Waals surface area contributed by atoms with Crippen molar-refractivity contribution >= 4 is 0 Å². The van der Waals surface area contributed by atoms with E-state index in [9.17, 15) is 4.39 Å². The predicted molar refractivity (Wildman–Crippen MR) is 68.9 cm³/mol. The lowest BCUT2D eigenvalue weighted by Gasteiger charge is -1.97. The van der Waals surface area contributed by atoms with E-state index < -0.39 is 0 Å². The standard InChI is InChI=1S/C14H9FN4O/c1-8-4-10(2-3-11(8)15)13-18-14(20-19-13)12-5-9(6-16)7-17-12/h2-5,7,17H,1H3. The average Bonchev–Trinajstić information content (AvgIpc) is 3.09. The predicted octanol–water partition coefficient (Wildman–Crippen LogP) is 3.05. The zero-order valence-electron chi connectivity index (χ0n) is 10.5. The second kappa shape index (κ2) is 4.63. The van der Waals surface area contributed by atoms with Crippen molar-refractivity contribution in [1.82, 2.24) is 15.1 Å². The summed E-state index contributed by atoms with van der Waals surface area (Å²) in [6.07, 6.45) is 1.56. The summed E-state index contributed by atoms with van der Waals surface area (Å²) in [6, 6.07) is 8.23. The van der Waals surface area contributed by atoms with Crippen molar-refractivity contribution in [3.8, 4) is 29.0 Å². The largest absolute Gasteiger partial charge is 0.356 e. The number of hydrogen-bond donors (Lipinski definition) is 1. The van der Waals surface area contributed by atoms with Crippen molar-refractivity contribution in [3.05, 3.63) is 47.4 Å². The Morgan fingerprint density at radius 1 is 1.35 bits per heavy atom. The van der Waals surface area contributed by atoms with Crippen molar-refractivity contribution in [2.24, 2.45) is 0 Å². The molecule has 6 heteroatoms. The number of nitrogens with one attached hydrogen (secondary N) is 1. The van der Waals surface area contributed by atoms with Crippen LogP contribution in [0.4, 0.5) is 4.39 Å². The molecule has 0 saturated heterocycles. The summed E-state index contributed by atoms with van der Waals surface area (Å²) in [6.45, 7) is 1.67. The van der Waals surface area contributed by atoms with Gasteiger partial charge in [0.25, 0.3) is 5.89 Å². The Kier molecular flexibility index (Phi) is 2.80. The van der Waals surface area contributed by atoms with Gasteiger partial charge in [-0.1, -0.05) is 5.16 Å². The molecule has 0 aliphatic heterocycles. The van der Waals surface area contributed by atoms with Crippen LogP contribution in [0.5, 0.6) is 0 Å². The highest BCUT2D eigenvalue weighted by Gasteiger charge is 2.13. The number of aryl methyl sites for hydroxylation is 1. The molecule has 2 heterocycles. The van der Waals surface area contributed by atoms with E-state index in [1.807, 2.05) is 6.07 Å². The molecule has 98 valence electrons. The molecule has 2 aromatic heterocycles. The van der Waals surface area contributed by atoms with E-state index in [-0.39, 0.29) is 11.7 Å². The Bertz CT molecular complexity index is 813. The van der Waals surface area contributed by atoms with Crippen LogP contribution < -0.4 is 0 Å². The van der Waals surface area contributed by atoms with Gasteiger partial charge in [0.1, 0.15) is 17.6 Å². The number of nitrogens with zero attached hydrogens (tertiary/aromatic N) is 3. The molecule has 0 saturated carbocycles. The van der Waals surface area contributed by atoms with Gasteiger partial charge in [0.15, 0.2) is 0 Å². The van der Waals surface area contributed by atoms with Crippen molar-refractivity contribution in [1.29, 1.82) is 5.26 Å². The molecule has 0 radical (unpaired) electrons. The zero-order chi connectivity index (χ0) is 14.1. The first kappa shape index (κ1) is 12.1. The fraction of sp³-hybridized carbons (Fsp3) is 0.0714. The smallest absolute Gasteiger partial charge is 0.274 e. The lowest BCUT2D eigenvalue weighted by Crippen LogP contribution is -1.86. The molecule has 5 nitrogen and oxygen atoms in total. The fourth-order valence-electron chi connectivity index (χ4n) is 1.82. The van der Waals surface area contributed by atoms with Crippen LogP contribution in [0, 0.1) is 24.1 Å². The Morgan fingerprint density at radius 3 is 2.90 bits per heavy atom. The first-order valence-corrected chi connectivity index (χ1v) is 5.86. The second-order valence-electron chi connectivity index (χ2n) is 4.30. The van der Waals surface area contributed by atoms with Gasteiger partial charge in [0, 0.05) is 11.8 Å². The Balaban J connectivity index is 1.97. The highest BCUT2D eigenvalue weighted by Crippen LogP contribution is 2.23. The highest BCUT2D eigenvalue weighted by molar-refractivity contribution is 5.59. The minimum absolute atomic E-state index is 0.277. The molecule has 0 spiro atoms. The monoisotopic (exact) mass is 268 g/mol. The number of benzene rings is 1. The normalized spacial score (nSPS) is 10.4. The highest BCUT2D eigenvalue weighted by atomic mass is 19.1. The van der Waals surface area contributed by atoms with Gasteiger partial charge in [0.05, 0.1) is 5.56 Å². The van der Waals surface area contributed by atoms with Crippen LogP contribution in [0.25, 0.3) is 23.0 Å². The molecule has 1 N–H and O–H groups in total. The molecular weight excluding hydrogens is 259 g/mol. The Morgan fingerprint density at radius 2 is 2.20 bits per heavy atom. The Hall–Kier alpha value is -2.94. The first-order valence-electron chi connectivity index (χ1n) is 5.86. The molecule has 0 atom stereocenters. The van der Waals surface area contributed by atoms with Gasteiger partial charge >= 0.3 is 0 Å². The van der Waals surface area contributed by atoms with Crippen LogP contribution in [0.2, 0.25) is 0 Å². The SMILES string of the molecule is Cc1cc(-c2noc(-c3cc(C#N)c[nH]3)n2)ccc1F. The van der Waals surface area contributed by atoms with E-state index in [0.717, 1.165) is 0 Å². The van der Waals surface area contributed by atoms with E-state index in [2.05, 4.69) is 15.1 Å². The van der Waals surface area contributed by atoms with Crippen molar-refractivity contribution in [2.45, 2.75) is 6.92 Å². The van der Waals surface area contributed by atoms with Gasteiger partial charge in [-0.15, -0.1) is 0 Å². The number of aromatic amines is 1. The summed E-state index contributed by atoms with van der Waals surface area (Å²) in [4.78, 5) is 7.11. The number of rotatable bonds is 2. The molecule has 0 unspecified atom stereocenters. The third-order valence-corrected chi connectivity index (χ3v) is 2.88. The van der Waals surface area contributed by atoms with E-state index in [4.69, 9.17) is 9.78 Å². The van der Waals surface area contributed by atoms with E-state index >= 15 is 0 Å². The summed E-state index contributed by atoms with van der Waals surface area (Å²) >= 11 is 0. The first-order chi connectivity index (χ1) is 9.67. The van der Waals surface area contributed by atoms with E-state index in [1.54, 1.807) is 31.3 Å².